The number of fused-ring (bicyclic) bond motifs is 1. The van der Waals surface area contributed by atoms with Gasteiger partial charge in [0.05, 0.1) is 5.60 Å². The van der Waals surface area contributed by atoms with Gasteiger partial charge < -0.3 is 14.9 Å². The number of likely N-dealkylation sites (tertiary alicyclic amines) is 1. The molecule has 0 aliphatic carbocycles. The molecule has 1 N–H and O–H groups in total. The number of rotatable bonds is 3. The van der Waals surface area contributed by atoms with Crippen molar-refractivity contribution in [3.8, 4) is 0 Å². The summed E-state index contributed by atoms with van der Waals surface area (Å²) in [5, 5.41) is 12.3. The molecule has 0 spiro atoms. The van der Waals surface area contributed by atoms with Gasteiger partial charge in [-0.2, -0.15) is 0 Å². The van der Waals surface area contributed by atoms with Crippen LogP contribution in [0.15, 0.2) is 36.4 Å². The molecule has 2 aromatic carbocycles. The Morgan fingerprint density at radius 3 is 2.42 bits per heavy atom. The van der Waals surface area contributed by atoms with Crippen molar-refractivity contribution >= 4 is 22.4 Å². The van der Waals surface area contributed by atoms with Gasteiger partial charge in [-0.3, -0.25) is 4.79 Å². The summed E-state index contributed by atoms with van der Waals surface area (Å²) >= 11 is 0. The molecule has 0 radical (unpaired) electrons. The summed E-state index contributed by atoms with van der Waals surface area (Å²) in [6.07, 6.45) is 0.850. The maximum atomic E-state index is 13.0. The largest absolute Gasteiger partial charge is 0.390 e. The van der Waals surface area contributed by atoms with Crippen molar-refractivity contribution in [1.29, 1.82) is 0 Å². The van der Waals surface area contributed by atoms with Crippen LogP contribution in [-0.2, 0) is 0 Å². The van der Waals surface area contributed by atoms with Gasteiger partial charge in [-0.05, 0) is 37.8 Å². The summed E-state index contributed by atoms with van der Waals surface area (Å²) in [6.45, 7) is 4.98. The Kier molecular flexibility index (Phi) is 4.26. The van der Waals surface area contributed by atoms with Gasteiger partial charge in [0.25, 0.3) is 5.91 Å². The predicted molar refractivity (Wildman–Crippen MR) is 98.6 cm³/mol. The third-order valence-electron chi connectivity index (χ3n) is 5.09. The van der Waals surface area contributed by atoms with Crippen molar-refractivity contribution in [2.45, 2.75) is 25.9 Å². The molecule has 0 aromatic heterocycles. The molecule has 24 heavy (non-hydrogen) atoms. The first-order chi connectivity index (χ1) is 11.3. The lowest BCUT2D eigenvalue weighted by molar-refractivity contribution is 0.0211. The van der Waals surface area contributed by atoms with Crippen LogP contribution in [-0.4, -0.2) is 48.7 Å². The summed E-state index contributed by atoms with van der Waals surface area (Å²) in [6, 6.07) is 12.0. The van der Waals surface area contributed by atoms with E-state index in [1.54, 1.807) is 0 Å². The topological polar surface area (TPSA) is 43.8 Å². The zero-order valence-corrected chi connectivity index (χ0v) is 14.9. The molecule has 0 bridgehead atoms. The van der Waals surface area contributed by atoms with Crippen LogP contribution < -0.4 is 4.90 Å². The standard InChI is InChI=1S/C20H26N2O2/c1-20(2,24)14-11-12-22(13-14)19(23)17-9-10-18(21(3)4)16-8-6-5-7-15(16)17/h5-10,14,24H,11-13H2,1-4H3/t14-/m0/s1. The molecule has 1 atom stereocenters. The van der Waals surface area contributed by atoms with E-state index in [0.29, 0.717) is 13.1 Å². The number of anilines is 1. The van der Waals surface area contributed by atoms with Gasteiger partial charge in [0.2, 0.25) is 0 Å². The molecule has 4 nitrogen and oxygen atoms in total. The van der Waals surface area contributed by atoms with E-state index in [4.69, 9.17) is 0 Å². The van der Waals surface area contributed by atoms with E-state index in [1.165, 1.54) is 0 Å². The predicted octanol–water partition coefficient (Wildman–Crippen LogP) is 3.14. The summed E-state index contributed by atoms with van der Waals surface area (Å²) in [4.78, 5) is 17.0. The number of carbonyl (C=O) groups excluding carboxylic acids is 1. The second-order valence-electron chi connectivity index (χ2n) is 7.46. The van der Waals surface area contributed by atoms with Gasteiger partial charge in [0.15, 0.2) is 0 Å². The molecule has 0 saturated carbocycles. The molecule has 128 valence electrons. The van der Waals surface area contributed by atoms with Crippen LogP contribution in [0.3, 0.4) is 0 Å². The van der Waals surface area contributed by atoms with E-state index in [-0.39, 0.29) is 11.8 Å². The van der Waals surface area contributed by atoms with Crippen LogP contribution in [0.5, 0.6) is 0 Å². The summed E-state index contributed by atoms with van der Waals surface area (Å²) in [5.41, 5.74) is 1.11. The Hall–Kier alpha value is -2.07. The van der Waals surface area contributed by atoms with E-state index in [0.717, 1.165) is 28.4 Å². The highest BCUT2D eigenvalue weighted by Crippen LogP contribution is 2.32. The van der Waals surface area contributed by atoms with Crippen molar-refractivity contribution in [3.63, 3.8) is 0 Å². The van der Waals surface area contributed by atoms with Gasteiger partial charge in [0, 0.05) is 49.7 Å². The fourth-order valence-corrected chi connectivity index (χ4v) is 3.55. The third-order valence-corrected chi connectivity index (χ3v) is 5.09. The van der Waals surface area contributed by atoms with Crippen LogP contribution in [0.4, 0.5) is 5.69 Å². The third kappa shape index (κ3) is 2.98. The minimum absolute atomic E-state index is 0.0586. The fraction of sp³-hybridized carbons (Fsp3) is 0.450. The normalized spacial score (nSPS) is 18.2. The summed E-state index contributed by atoms with van der Waals surface area (Å²) < 4.78 is 0. The van der Waals surface area contributed by atoms with Gasteiger partial charge in [-0.25, -0.2) is 0 Å². The summed E-state index contributed by atoms with van der Waals surface area (Å²) in [7, 11) is 4.02. The maximum Gasteiger partial charge on any atom is 0.254 e. The Morgan fingerprint density at radius 1 is 1.17 bits per heavy atom. The minimum Gasteiger partial charge on any atom is -0.390 e. The number of nitrogens with zero attached hydrogens (tertiary/aromatic N) is 2. The number of hydrogen-bond donors (Lipinski definition) is 1. The molecule has 1 saturated heterocycles. The smallest absolute Gasteiger partial charge is 0.254 e. The quantitative estimate of drug-likeness (QED) is 0.942. The Bertz CT molecular complexity index is 762. The first-order valence-corrected chi connectivity index (χ1v) is 8.50. The van der Waals surface area contributed by atoms with Gasteiger partial charge >= 0.3 is 0 Å². The molecule has 4 heteroatoms. The second-order valence-corrected chi connectivity index (χ2v) is 7.46. The fourth-order valence-electron chi connectivity index (χ4n) is 3.55. The molecule has 0 unspecified atom stereocenters. The van der Waals surface area contributed by atoms with Gasteiger partial charge in [-0.1, -0.05) is 24.3 Å². The first-order valence-electron chi connectivity index (χ1n) is 8.50. The molecule has 2 aromatic rings. The molecular formula is C20H26N2O2. The molecule has 3 rings (SSSR count). The number of hydrogen-bond acceptors (Lipinski definition) is 3. The zero-order chi connectivity index (χ0) is 17.5. The highest BCUT2D eigenvalue weighted by molar-refractivity contribution is 6.10. The molecule has 1 aliphatic heterocycles. The molecular weight excluding hydrogens is 300 g/mol. The van der Waals surface area contributed by atoms with Crippen molar-refractivity contribution in [2.24, 2.45) is 5.92 Å². The van der Waals surface area contributed by atoms with Gasteiger partial charge in [0.1, 0.15) is 0 Å². The highest BCUT2D eigenvalue weighted by atomic mass is 16.3. The van der Waals surface area contributed by atoms with Crippen LogP contribution in [0, 0.1) is 5.92 Å². The van der Waals surface area contributed by atoms with Gasteiger partial charge in [-0.15, -0.1) is 0 Å². The monoisotopic (exact) mass is 326 g/mol. The van der Waals surface area contributed by atoms with Crippen molar-refractivity contribution in [2.75, 3.05) is 32.1 Å². The lowest BCUT2D eigenvalue weighted by Gasteiger charge is -2.26. The highest BCUT2D eigenvalue weighted by Gasteiger charge is 2.35. The number of carbonyl (C=O) groups is 1. The van der Waals surface area contributed by atoms with E-state index in [2.05, 4.69) is 11.0 Å². The number of aliphatic hydroxyl groups is 1. The van der Waals surface area contributed by atoms with Crippen LogP contribution >= 0.6 is 0 Å². The van der Waals surface area contributed by atoms with Crippen molar-refractivity contribution in [1.82, 2.24) is 4.90 Å². The molecule has 1 fully saturated rings. The minimum atomic E-state index is -0.744. The van der Waals surface area contributed by atoms with Crippen molar-refractivity contribution in [3.05, 3.63) is 42.0 Å². The molecule has 1 amide bonds. The average molecular weight is 326 g/mol. The van der Waals surface area contributed by atoms with E-state index < -0.39 is 5.60 Å². The maximum absolute atomic E-state index is 13.0. The number of benzene rings is 2. The zero-order valence-electron chi connectivity index (χ0n) is 14.9. The van der Waals surface area contributed by atoms with E-state index in [9.17, 15) is 9.90 Å². The van der Waals surface area contributed by atoms with E-state index >= 15 is 0 Å². The Labute approximate surface area is 143 Å². The lowest BCUT2D eigenvalue weighted by atomic mass is 9.90. The first kappa shape index (κ1) is 16.8. The average Bonchev–Trinajstić information content (AvgIpc) is 3.03. The van der Waals surface area contributed by atoms with Crippen molar-refractivity contribution < 1.29 is 9.90 Å². The number of amides is 1. The SMILES string of the molecule is CN(C)c1ccc(C(=O)N2CC[C@H](C(C)(C)O)C2)c2ccccc12. The second kappa shape index (κ2) is 6.10. The Balaban J connectivity index is 1.96. The van der Waals surface area contributed by atoms with Crippen LogP contribution in [0.1, 0.15) is 30.6 Å². The van der Waals surface area contributed by atoms with E-state index in [1.807, 2.05) is 63.2 Å². The van der Waals surface area contributed by atoms with Crippen LogP contribution in [0.25, 0.3) is 10.8 Å². The Morgan fingerprint density at radius 2 is 1.83 bits per heavy atom. The lowest BCUT2D eigenvalue weighted by Crippen LogP contribution is -2.35. The van der Waals surface area contributed by atoms with Crippen LogP contribution in [0.2, 0.25) is 0 Å². The molecule has 1 heterocycles. The molecule has 1 aliphatic rings. The summed E-state index contributed by atoms with van der Waals surface area (Å²) in [5.74, 6) is 0.192.